The van der Waals surface area contributed by atoms with E-state index in [1.807, 2.05) is 36.6 Å². The van der Waals surface area contributed by atoms with Crippen LogP contribution in [0.1, 0.15) is 41.9 Å². The normalized spacial score (nSPS) is 21.6. The molecule has 1 amide bonds. The predicted molar refractivity (Wildman–Crippen MR) is 174 cm³/mol. The Kier molecular flexibility index (Phi) is 8.64. The number of benzene rings is 2. The molecule has 3 aliphatic rings. The number of nitrogens with one attached hydrogen (secondary N) is 1. The topological polar surface area (TPSA) is 104 Å². The van der Waals surface area contributed by atoms with Gasteiger partial charge in [-0.3, -0.25) is 9.36 Å². The summed E-state index contributed by atoms with van der Waals surface area (Å²) in [6.45, 7) is 5.70. The summed E-state index contributed by atoms with van der Waals surface area (Å²) < 4.78 is 53.1. The van der Waals surface area contributed by atoms with Crippen molar-refractivity contribution in [3.05, 3.63) is 94.6 Å². The second-order valence-corrected chi connectivity index (χ2v) is 14.2. The summed E-state index contributed by atoms with van der Waals surface area (Å²) in [5, 5.41) is 7.25. The second-order valence-electron chi connectivity index (χ2n) is 13.3. The number of imidazole rings is 1. The van der Waals surface area contributed by atoms with Crippen LogP contribution in [0.25, 0.3) is 5.69 Å². The molecular weight excluding hydrogens is 629 g/mol. The molecule has 2 unspecified atom stereocenters. The lowest BCUT2D eigenvalue weighted by atomic mass is 9.76. The molecule has 0 bridgehead atoms. The molecule has 0 saturated carbocycles. The number of methoxy groups -OCH3 is 1. The molecule has 248 valence electrons. The summed E-state index contributed by atoms with van der Waals surface area (Å²) in [6.07, 6.45) is 8.11. The van der Waals surface area contributed by atoms with Gasteiger partial charge in [0.2, 0.25) is 0 Å². The van der Waals surface area contributed by atoms with Crippen molar-refractivity contribution in [3.8, 4) is 11.4 Å². The fraction of sp³-hybridized carbons (Fsp3) is 0.382. The Balaban J connectivity index is 1.30. The van der Waals surface area contributed by atoms with Crippen LogP contribution in [0.4, 0.5) is 13.2 Å². The number of thioether (sulfide) groups is 1. The van der Waals surface area contributed by atoms with Crippen LogP contribution in [0.2, 0.25) is 0 Å². The number of hydrogen-bond donors (Lipinski definition) is 2. The molecule has 13 heteroatoms. The highest BCUT2D eigenvalue weighted by Crippen LogP contribution is 2.41. The molecule has 1 aliphatic carbocycles. The monoisotopic (exact) mass is 667 g/mol. The lowest BCUT2D eigenvalue weighted by molar-refractivity contribution is -0.878. The zero-order valence-electron chi connectivity index (χ0n) is 26.9. The zero-order valence-corrected chi connectivity index (χ0v) is 27.7. The Hall–Kier alpha value is -4.23. The van der Waals surface area contributed by atoms with Gasteiger partial charge in [-0.05, 0) is 35.9 Å². The largest absolute Gasteiger partial charge is 0.494 e. The molecule has 2 aromatic carbocycles. The first-order valence-corrected chi connectivity index (χ1v) is 16.3. The average molecular weight is 668 g/mol. The molecule has 3 N–H and O–H groups in total. The first kappa shape index (κ1) is 32.7. The molecule has 9 nitrogen and oxygen atoms in total. The van der Waals surface area contributed by atoms with E-state index in [2.05, 4.69) is 29.6 Å². The van der Waals surface area contributed by atoms with E-state index in [9.17, 15) is 9.18 Å². The second kappa shape index (κ2) is 12.4. The molecule has 1 fully saturated rings. The maximum absolute atomic E-state index is 15.4. The lowest BCUT2D eigenvalue weighted by Crippen LogP contribution is -2.42. The zero-order chi connectivity index (χ0) is 33.7. The summed E-state index contributed by atoms with van der Waals surface area (Å²) in [4.78, 5) is 22.9. The van der Waals surface area contributed by atoms with Crippen LogP contribution in [0.15, 0.2) is 70.6 Å². The highest BCUT2D eigenvalue weighted by Gasteiger charge is 2.38. The van der Waals surface area contributed by atoms with Gasteiger partial charge in [0.05, 0.1) is 63.8 Å². The number of amides is 1. The number of likely N-dealkylation sites (N-methyl/N-ethyl adjacent to an activating group) is 1. The molecule has 0 spiro atoms. The molecule has 3 heterocycles. The Labute approximate surface area is 275 Å². The third-order valence-corrected chi connectivity index (χ3v) is 10.1. The summed E-state index contributed by atoms with van der Waals surface area (Å²) in [6, 6.07) is 6.54. The molecule has 1 saturated heterocycles. The number of carbonyl (C=O) groups is 1. The van der Waals surface area contributed by atoms with Crippen LogP contribution in [0.3, 0.4) is 0 Å². The number of nitrogens with zero attached hydrogens (tertiary/aromatic N) is 4. The number of fused-ring (bicyclic) bond motifs is 1. The summed E-state index contributed by atoms with van der Waals surface area (Å²) in [5.41, 5.74) is 7.40. The number of aromatic nitrogens is 2. The molecule has 6 rings (SSSR count). The number of hydrogen-bond acceptors (Lipinski definition) is 7. The number of nitrogens with two attached hydrogens (primary N) is 1. The van der Waals surface area contributed by atoms with Gasteiger partial charge in [0.1, 0.15) is 11.6 Å². The number of oxime groups is 1. The SMILES string of the molecule is COc1cc(-n2c(C(C)(C)C3=CC4C(N)=NOC4C=C3)cnc2SCc2c(F)cc(C(=O)N[C@H]3CC[N+](C)(C)C3)cc2F)ccc1F. The molecule has 47 heavy (non-hydrogen) atoms. The van der Waals surface area contributed by atoms with Crippen LogP contribution in [-0.4, -0.2) is 72.2 Å². The van der Waals surface area contributed by atoms with Crippen molar-refractivity contribution in [2.24, 2.45) is 16.8 Å². The minimum Gasteiger partial charge on any atom is -0.494 e. The number of halogens is 3. The summed E-state index contributed by atoms with van der Waals surface area (Å²) in [5.74, 6) is -2.59. The molecule has 3 aromatic rings. The van der Waals surface area contributed by atoms with Gasteiger partial charge >= 0.3 is 0 Å². The highest BCUT2D eigenvalue weighted by atomic mass is 32.2. The van der Waals surface area contributed by atoms with Gasteiger partial charge in [-0.15, -0.1) is 0 Å². The van der Waals surface area contributed by atoms with Crippen LogP contribution in [0.5, 0.6) is 5.75 Å². The van der Waals surface area contributed by atoms with Gasteiger partial charge in [0.25, 0.3) is 5.91 Å². The molecule has 3 atom stereocenters. The van der Waals surface area contributed by atoms with E-state index in [-0.39, 0.29) is 40.7 Å². The first-order valence-electron chi connectivity index (χ1n) is 15.3. The number of likely N-dealkylation sites (tertiary alicyclic amines) is 1. The predicted octanol–water partition coefficient (Wildman–Crippen LogP) is 5.23. The Morgan fingerprint density at radius 3 is 2.62 bits per heavy atom. The van der Waals surface area contributed by atoms with Crippen LogP contribution in [-0.2, 0) is 16.0 Å². The Morgan fingerprint density at radius 1 is 1.19 bits per heavy atom. The first-order chi connectivity index (χ1) is 22.3. The van der Waals surface area contributed by atoms with Crippen LogP contribution >= 0.6 is 11.8 Å². The third-order valence-electron chi connectivity index (χ3n) is 9.17. The number of carbonyl (C=O) groups excluding carboxylic acids is 1. The van der Waals surface area contributed by atoms with Gasteiger partial charge in [-0.1, -0.05) is 42.9 Å². The molecular formula is C34H38F3N6O3S+. The number of allylic oxidation sites excluding steroid dienone is 2. The summed E-state index contributed by atoms with van der Waals surface area (Å²) >= 11 is 1.12. The van der Waals surface area contributed by atoms with Gasteiger partial charge < -0.3 is 25.1 Å². The van der Waals surface area contributed by atoms with Crippen molar-refractivity contribution >= 4 is 23.5 Å². The van der Waals surface area contributed by atoms with E-state index >= 15 is 8.78 Å². The van der Waals surface area contributed by atoms with Gasteiger partial charge in [-0.2, -0.15) is 0 Å². The number of rotatable bonds is 9. The third kappa shape index (κ3) is 6.38. The summed E-state index contributed by atoms with van der Waals surface area (Å²) in [7, 11) is 5.54. The van der Waals surface area contributed by atoms with E-state index in [1.165, 1.54) is 13.2 Å². The van der Waals surface area contributed by atoms with Crippen molar-refractivity contribution in [3.63, 3.8) is 0 Å². The van der Waals surface area contributed by atoms with Gasteiger partial charge in [-0.25, -0.2) is 18.2 Å². The van der Waals surface area contributed by atoms with Crippen LogP contribution in [0, 0.1) is 23.4 Å². The van der Waals surface area contributed by atoms with Crippen molar-refractivity contribution in [2.75, 3.05) is 34.3 Å². The number of ether oxygens (including phenoxy) is 1. The molecule has 0 radical (unpaired) electrons. The number of quaternary nitrogens is 1. The van der Waals surface area contributed by atoms with E-state index < -0.39 is 28.8 Å². The van der Waals surface area contributed by atoms with E-state index in [0.29, 0.717) is 16.7 Å². The van der Waals surface area contributed by atoms with Crippen molar-refractivity contribution in [1.29, 1.82) is 0 Å². The Morgan fingerprint density at radius 2 is 1.94 bits per heavy atom. The molecule has 1 aromatic heterocycles. The number of amidine groups is 1. The van der Waals surface area contributed by atoms with Crippen molar-refractivity contribution in [1.82, 2.24) is 14.9 Å². The fourth-order valence-electron chi connectivity index (χ4n) is 6.36. The maximum Gasteiger partial charge on any atom is 0.251 e. The van der Waals surface area contributed by atoms with Crippen LogP contribution < -0.4 is 15.8 Å². The quantitative estimate of drug-likeness (QED) is 0.240. The van der Waals surface area contributed by atoms with E-state index in [1.54, 1.807) is 18.3 Å². The minimum atomic E-state index is -0.822. The van der Waals surface area contributed by atoms with Gasteiger partial charge in [0.15, 0.2) is 28.7 Å². The minimum absolute atomic E-state index is 0.0358. The van der Waals surface area contributed by atoms with E-state index in [4.69, 9.17) is 15.3 Å². The standard InChI is InChI=1S/C34H37F3N6O3S/c1-34(2,20-6-9-28-23(14-20)31(38)41-46-28)30-16-39-33(42(30)22-7-8-25(35)29(15-22)45-5)47-18-24-26(36)12-19(13-27(24)37)32(44)40-21-10-11-43(3,4)17-21/h6-9,12-16,21,23,28H,10-11,17-18H2,1-5H3,(H2-,38,40,41,44)/p+1/t21-,23?,28?/m0/s1. The highest BCUT2D eigenvalue weighted by molar-refractivity contribution is 7.98. The average Bonchev–Trinajstić information content (AvgIpc) is 3.73. The molecule has 2 aliphatic heterocycles. The smallest absolute Gasteiger partial charge is 0.251 e. The van der Waals surface area contributed by atoms with Gasteiger partial charge in [0, 0.05) is 34.8 Å². The fourth-order valence-corrected chi connectivity index (χ4v) is 7.37. The maximum atomic E-state index is 15.4. The van der Waals surface area contributed by atoms with Crippen molar-refractivity contribution in [2.45, 2.75) is 48.7 Å². The Bertz CT molecular complexity index is 1790. The lowest BCUT2D eigenvalue weighted by Gasteiger charge is -2.31. The van der Waals surface area contributed by atoms with E-state index in [0.717, 1.165) is 59.2 Å². The van der Waals surface area contributed by atoms with Crippen molar-refractivity contribution < 1.29 is 32.0 Å².